The van der Waals surface area contributed by atoms with Gasteiger partial charge in [0, 0.05) is 16.0 Å². The molecule has 110 valence electrons. The van der Waals surface area contributed by atoms with E-state index in [1.165, 1.54) is 0 Å². The van der Waals surface area contributed by atoms with Gasteiger partial charge in [-0.05, 0) is 30.3 Å². The van der Waals surface area contributed by atoms with Gasteiger partial charge in [-0.2, -0.15) is 4.52 Å². The molecule has 23 heavy (non-hydrogen) atoms. The molecule has 5 rings (SSSR count). The molecule has 0 aliphatic carbocycles. The second-order valence-electron chi connectivity index (χ2n) is 5.11. The Balaban J connectivity index is 1.78. The lowest BCUT2D eigenvalue weighted by Crippen LogP contribution is -1.99. The van der Waals surface area contributed by atoms with Crippen LogP contribution < -0.4 is 0 Å². The first-order chi connectivity index (χ1) is 11.3. The minimum atomic E-state index is 0.297. The van der Waals surface area contributed by atoms with Crippen molar-refractivity contribution in [3.63, 3.8) is 0 Å². The molecular formula is C16H8ClN5O. The maximum absolute atomic E-state index is 5.91. The number of rotatable bonds is 1. The van der Waals surface area contributed by atoms with Crippen molar-refractivity contribution in [3.05, 3.63) is 53.6 Å². The topological polar surface area (TPSA) is 69.1 Å². The normalized spacial score (nSPS) is 11.7. The second-order valence-corrected chi connectivity index (χ2v) is 5.55. The van der Waals surface area contributed by atoms with Crippen molar-refractivity contribution in [3.8, 4) is 23.0 Å². The Morgan fingerprint density at radius 3 is 2.65 bits per heavy atom. The Bertz CT molecular complexity index is 1130. The molecule has 2 aliphatic rings. The third-order valence-electron chi connectivity index (χ3n) is 3.68. The van der Waals surface area contributed by atoms with Crippen molar-refractivity contribution in [2.75, 3.05) is 0 Å². The highest BCUT2D eigenvalue weighted by Crippen LogP contribution is 2.30. The molecule has 0 spiro atoms. The molecule has 0 amide bonds. The van der Waals surface area contributed by atoms with Crippen LogP contribution in [0.2, 0.25) is 5.02 Å². The van der Waals surface area contributed by atoms with Crippen LogP contribution >= 0.6 is 11.6 Å². The van der Waals surface area contributed by atoms with Gasteiger partial charge in [-0.1, -0.05) is 34.9 Å². The van der Waals surface area contributed by atoms with Crippen LogP contribution in [-0.4, -0.2) is 24.8 Å². The van der Waals surface area contributed by atoms with E-state index in [0.717, 1.165) is 16.5 Å². The van der Waals surface area contributed by atoms with Gasteiger partial charge in [-0.25, -0.2) is 4.98 Å². The van der Waals surface area contributed by atoms with Crippen molar-refractivity contribution in [1.29, 1.82) is 0 Å². The maximum atomic E-state index is 5.91. The summed E-state index contributed by atoms with van der Waals surface area (Å²) in [5.41, 5.74) is 2.37. The summed E-state index contributed by atoms with van der Waals surface area (Å²) in [7, 11) is 0. The summed E-state index contributed by atoms with van der Waals surface area (Å²) >= 11 is 5.91. The molecule has 0 radical (unpaired) electrons. The zero-order valence-corrected chi connectivity index (χ0v) is 12.4. The maximum Gasteiger partial charge on any atom is 0.346 e. The largest absolute Gasteiger partial charge is 0.402 e. The Morgan fingerprint density at radius 2 is 1.78 bits per heavy atom. The fraction of sp³-hybridized carbons (Fsp3) is 0. The Hall–Kier alpha value is -2.99. The standard InChI is InChI=1S/C16H8ClN5O/c17-10-7-5-9(6-8-10)15-21-22-14-13(19-20-16(22)23-15)11-3-1-2-4-12(11)18-14/h1-8H. The molecule has 6 nitrogen and oxygen atoms in total. The monoisotopic (exact) mass is 321 g/mol. The number of benzene rings is 2. The van der Waals surface area contributed by atoms with Crippen LogP contribution in [0.3, 0.4) is 0 Å². The first-order valence-corrected chi connectivity index (χ1v) is 7.34. The molecule has 0 fully saturated rings. The van der Waals surface area contributed by atoms with E-state index >= 15 is 0 Å². The van der Waals surface area contributed by atoms with Gasteiger partial charge < -0.3 is 4.42 Å². The summed E-state index contributed by atoms with van der Waals surface area (Å²) in [4.78, 5) is 4.58. The second kappa shape index (κ2) is 4.50. The van der Waals surface area contributed by atoms with Gasteiger partial charge in [0.25, 0.3) is 0 Å². The Kier molecular flexibility index (Phi) is 2.46. The van der Waals surface area contributed by atoms with Gasteiger partial charge in [-0.3, -0.25) is 0 Å². The lowest BCUT2D eigenvalue weighted by molar-refractivity contribution is 0.594. The van der Waals surface area contributed by atoms with E-state index in [-0.39, 0.29) is 0 Å². The lowest BCUT2D eigenvalue weighted by Gasteiger charge is -1.95. The van der Waals surface area contributed by atoms with Crippen molar-refractivity contribution in [1.82, 2.24) is 24.8 Å². The average Bonchev–Trinajstić information content (AvgIpc) is 3.16. The quantitative estimate of drug-likeness (QED) is 0.471. The predicted octanol–water partition coefficient (Wildman–Crippen LogP) is 3.69. The Labute approximate surface area is 134 Å². The summed E-state index contributed by atoms with van der Waals surface area (Å²) in [5, 5.41) is 14.4. The van der Waals surface area contributed by atoms with Crippen LogP contribution in [0.25, 0.3) is 39.7 Å². The van der Waals surface area contributed by atoms with Crippen LogP contribution in [0.1, 0.15) is 0 Å². The van der Waals surface area contributed by atoms with Gasteiger partial charge >= 0.3 is 5.84 Å². The first kappa shape index (κ1) is 12.5. The van der Waals surface area contributed by atoms with Crippen molar-refractivity contribution in [2.45, 2.75) is 0 Å². The summed E-state index contributed by atoms with van der Waals surface area (Å²) < 4.78 is 7.27. The van der Waals surface area contributed by atoms with E-state index in [4.69, 9.17) is 16.0 Å². The van der Waals surface area contributed by atoms with Crippen molar-refractivity contribution < 1.29 is 4.42 Å². The molecular weight excluding hydrogens is 314 g/mol. The van der Waals surface area contributed by atoms with E-state index < -0.39 is 0 Å². The van der Waals surface area contributed by atoms with Crippen molar-refractivity contribution in [2.24, 2.45) is 0 Å². The summed E-state index contributed by atoms with van der Waals surface area (Å²) in [5.74, 6) is 1.36. The average molecular weight is 322 g/mol. The number of aromatic nitrogens is 5. The van der Waals surface area contributed by atoms with Crippen LogP contribution in [0.5, 0.6) is 0 Å². The lowest BCUT2D eigenvalue weighted by atomic mass is 10.2. The molecule has 0 unspecified atom stereocenters. The van der Waals surface area contributed by atoms with E-state index in [1.54, 1.807) is 16.6 Å². The van der Waals surface area contributed by atoms with Gasteiger partial charge in [0.15, 0.2) is 5.82 Å². The first-order valence-electron chi connectivity index (χ1n) is 6.96. The molecule has 7 heteroatoms. The highest BCUT2D eigenvalue weighted by Gasteiger charge is 2.21. The highest BCUT2D eigenvalue weighted by atomic mass is 35.5. The number of hydrogen-bond acceptors (Lipinski definition) is 5. The third-order valence-corrected chi connectivity index (χ3v) is 3.94. The van der Waals surface area contributed by atoms with Gasteiger partial charge in [-0.15, -0.1) is 10.2 Å². The molecule has 0 atom stereocenters. The summed E-state index contributed by atoms with van der Waals surface area (Å²) in [6.45, 7) is 0. The highest BCUT2D eigenvalue weighted by molar-refractivity contribution is 6.30. The van der Waals surface area contributed by atoms with E-state index in [2.05, 4.69) is 20.3 Å². The molecule has 3 aromatic rings. The predicted molar refractivity (Wildman–Crippen MR) is 85.4 cm³/mol. The third kappa shape index (κ3) is 1.82. The molecule has 0 N–H and O–H groups in total. The number of fused-ring (bicyclic) bond motifs is 5. The molecule has 0 saturated heterocycles. The number of halogens is 1. The van der Waals surface area contributed by atoms with Crippen molar-refractivity contribution >= 4 is 28.3 Å². The molecule has 0 saturated carbocycles. The SMILES string of the molecule is Clc1ccc(-c2nn3c4nc5ccccc5c-4nnc3o2)cc1. The smallest absolute Gasteiger partial charge is 0.346 e. The van der Waals surface area contributed by atoms with Crippen LogP contribution in [0.4, 0.5) is 0 Å². The van der Waals surface area contributed by atoms with Gasteiger partial charge in [0.1, 0.15) is 5.69 Å². The molecule has 3 heterocycles. The molecule has 1 aromatic heterocycles. The minimum Gasteiger partial charge on any atom is -0.402 e. The number of para-hydroxylation sites is 1. The Morgan fingerprint density at radius 1 is 0.957 bits per heavy atom. The molecule has 2 aromatic carbocycles. The van der Waals surface area contributed by atoms with E-state index in [1.807, 2.05) is 36.4 Å². The minimum absolute atomic E-state index is 0.297. The molecule has 0 bridgehead atoms. The molecule has 2 aliphatic heterocycles. The zero-order valence-electron chi connectivity index (χ0n) is 11.6. The van der Waals surface area contributed by atoms with Crippen LogP contribution in [0, 0.1) is 0 Å². The number of hydrogen-bond donors (Lipinski definition) is 0. The summed E-state index contributed by atoms with van der Waals surface area (Å²) in [6.07, 6.45) is 0. The number of nitrogens with zero attached hydrogens (tertiary/aromatic N) is 5. The van der Waals surface area contributed by atoms with Crippen LogP contribution in [-0.2, 0) is 0 Å². The zero-order chi connectivity index (χ0) is 15.4. The van der Waals surface area contributed by atoms with Gasteiger partial charge in [0.05, 0.1) is 5.52 Å². The summed E-state index contributed by atoms with van der Waals surface area (Å²) in [6, 6.07) is 15.0. The fourth-order valence-electron chi connectivity index (χ4n) is 2.59. The van der Waals surface area contributed by atoms with E-state index in [9.17, 15) is 0 Å². The van der Waals surface area contributed by atoms with Gasteiger partial charge in [0.2, 0.25) is 5.89 Å². The fourth-order valence-corrected chi connectivity index (χ4v) is 2.72. The van der Waals surface area contributed by atoms with E-state index in [0.29, 0.717) is 28.3 Å². The van der Waals surface area contributed by atoms with Crippen LogP contribution in [0.15, 0.2) is 52.9 Å².